The topological polar surface area (TPSA) is 0 Å². The van der Waals surface area contributed by atoms with Crippen molar-refractivity contribution in [1.82, 2.24) is 0 Å². The summed E-state index contributed by atoms with van der Waals surface area (Å²) in [7, 11) is 0. The molecule has 19 heavy (non-hydrogen) atoms. The summed E-state index contributed by atoms with van der Waals surface area (Å²) in [6.45, 7) is 8.57. The zero-order valence-electron chi connectivity index (χ0n) is 13.9. The molecule has 115 valence electrons. The van der Waals surface area contributed by atoms with E-state index in [0.29, 0.717) is 0 Å². The van der Waals surface area contributed by atoms with Crippen molar-refractivity contribution in [3.05, 3.63) is 6.92 Å². The highest BCUT2D eigenvalue weighted by Gasteiger charge is 2.07. The Morgan fingerprint density at radius 1 is 0.579 bits per heavy atom. The third-order valence-electron chi connectivity index (χ3n) is 4.28. The van der Waals surface area contributed by atoms with Crippen LogP contribution in [0.3, 0.4) is 0 Å². The van der Waals surface area contributed by atoms with Crippen molar-refractivity contribution in [2.75, 3.05) is 0 Å². The molecule has 0 saturated carbocycles. The van der Waals surface area contributed by atoms with Crippen molar-refractivity contribution in [1.29, 1.82) is 0 Å². The first-order chi connectivity index (χ1) is 9.35. The molecule has 0 fully saturated rings. The molecule has 0 aromatic carbocycles. The molecule has 0 heterocycles. The summed E-state index contributed by atoms with van der Waals surface area (Å²) >= 11 is 0. The summed E-state index contributed by atoms with van der Waals surface area (Å²) in [5.74, 6) is 1.02. The summed E-state index contributed by atoms with van der Waals surface area (Å²) in [6.07, 6.45) is 21.2. The summed E-state index contributed by atoms with van der Waals surface area (Å²) in [5, 5.41) is 0. The monoisotopic (exact) mass is 267 g/mol. The number of hydrogen-bond acceptors (Lipinski definition) is 0. The Bertz CT molecular complexity index is 150. The van der Waals surface area contributed by atoms with E-state index in [-0.39, 0.29) is 0 Å². The Labute approximate surface area is 123 Å². The van der Waals surface area contributed by atoms with Gasteiger partial charge in [-0.3, -0.25) is 0 Å². The van der Waals surface area contributed by atoms with Crippen LogP contribution in [0, 0.1) is 12.8 Å². The van der Waals surface area contributed by atoms with E-state index in [1.807, 2.05) is 0 Å². The molecule has 0 aliphatic carbocycles. The predicted molar refractivity (Wildman–Crippen MR) is 89.5 cm³/mol. The average Bonchev–Trinajstić information content (AvgIpc) is 2.42. The van der Waals surface area contributed by atoms with Crippen LogP contribution in [0.15, 0.2) is 0 Å². The molecule has 0 aromatic rings. The lowest BCUT2D eigenvalue weighted by atomic mass is 9.91. The molecular formula is C19H39. The smallest absolute Gasteiger partial charge is 0.0414 e. The zero-order valence-corrected chi connectivity index (χ0v) is 13.9. The van der Waals surface area contributed by atoms with Crippen LogP contribution in [0.4, 0.5) is 0 Å². The molecule has 0 aliphatic rings. The molecule has 0 saturated heterocycles. The molecule has 0 aliphatic heterocycles. The van der Waals surface area contributed by atoms with Gasteiger partial charge in [-0.2, -0.15) is 0 Å². The van der Waals surface area contributed by atoms with Crippen LogP contribution in [0.25, 0.3) is 0 Å². The highest BCUT2D eigenvalue weighted by molar-refractivity contribution is 4.60. The van der Waals surface area contributed by atoms with Crippen molar-refractivity contribution in [2.45, 2.75) is 110 Å². The van der Waals surface area contributed by atoms with Gasteiger partial charge in [0.05, 0.1) is 0 Å². The molecule has 0 heteroatoms. The van der Waals surface area contributed by atoms with E-state index < -0.39 is 0 Å². The fourth-order valence-corrected chi connectivity index (χ4v) is 3.02. The van der Waals surface area contributed by atoms with Gasteiger partial charge in [0.15, 0.2) is 0 Å². The summed E-state index contributed by atoms with van der Waals surface area (Å²) in [4.78, 5) is 0. The minimum absolute atomic E-state index is 1.02. The first kappa shape index (κ1) is 19.0. The summed E-state index contributed by atoms with van der Waals surface area (Å²) in [6, 6.07) is 0. The second-order valence-corrected chi connectivity index (χ2v) is 6.27. The zero-order chi connectivity index (χ0) is 14.2. The van der Waals surface area contributed by atoms with Gasteiger partial charge in [0.2, 0.25) is 0 Å². The van der Waals surface area contributed by atoms with Crippen molar-refractivity contribution in [2.24, 2.45) is 5.92 Å². The third kappa shape index (κ3) is 14.2. The molecule has 0 N–H and O–H groups in total. The van der Waals surface area contributed by atoms with E-state index in [9.17, 15) is 0 Å². The quantitative estimate of drug-likeness (QED) is 0.272. The van der Waals surface area contributed by atoms with Gasteiger partial charge >= 0.3 is 0 Å². The van der Waals surface area contributed by atoms with Crippen molar-refractivity contribution >= 4 is 0 Å². The van der Waals surface area contributed by atoms with Gasteiger partial charge in [0.1, 0.15) is 0 Å². The second kappa shape index (κ2) is 16.1. The largest absolute Gasteiger partial charge is 0.0654 e. The van der Waals surface area contributed by atoms with Gasteiger partial charge in [-0.05, 0) is 5.92 Å². The van der Waals surface area contributed by atoms with Crippen molar-refractivity contribution < 1.29 is 0 Å². The highest BCUT2D eigenvalue weighted by Crippen LogP contribution is 2.22. The van der Waals surface area contributed by atoms with Gasteiger partial charge in [-0.1, -0.05) is 117 Å². The van der Waals surface area contributed by atoms with Crippen molar-refractivity contribution in [3.8, 4) is 0 Å². The molecule has 1 radical (unpaired) electrons. The minimum atomic E-state index is 1.02. The standard InChI is InChI=1S/C19H39/c1-4-7-9-11-12-13-15-18-19(16-6-3)17-14-10-8-5-2/h19H,2,4-18H2,1,3H3. The lowest BCUT2D eigenvalue weighted by Gasteiger charge is -2.15. The van der Waals surface area contributed by atoms with Crippen LogP contribution in [0.5, 0.6) is 0 Å². The lowest BCUT2D eigenvalue weighted by molar-refractivity contribution is 0.379. The van der Waals surface area contributed by atoms with E-state index in [4.69, 9.17) is 0 Å². The fraction of sp³-hybridized carbons (Fsp3) is 0.947. The van der Waals surface area contributed by atoms with Gasteiger partial charge in [0, 0.05) is 0 Å². The van der Waals surface area contributed by atoms with Crippen LogP contribution in [-0.2, 0) is 0 Å². The van der Waals surface area contributed by atoms with Gasteiger partial charge in [-0.25, -0.2) is 0 Å². The second-order valence-electron chi connectivity index (χ2n) is 6.27. The Morgan fingerprint density at radius 3 is 1.63 bits per heavy atom. The Morgan fingerprint density at radius 2 is 1.11 bits per heavy atom. The van der Waals surface area contributed by atoms with E-state index in [1.54, 1.807) is 0 Å². The normalized spacial score (nSPS) is 12.8. The van der Waals surface area contributed by atoms with Crippen LogP contribution >= 0.6 is 0 Å². The van der Waals surface area contributed by atoms with Gasteiger partial charge < -0.3 is 0 Å². The third-order valence-corrected chi connectivity index (χ3v) is 4.28. The molecular weight excluding hydrogens is 228 g/mol. The summed E-state index contributed by atoms with van der Waals surface area (Å²) in [5.41, 5.74) is 0. The maximum absolute atomic E-state index is 3.93. The Balaban J connectivity index is 3.42. The number of unbranched alkanes of at least 4 members (excludes halogenated alkanes) is 9. The average molecular weight is 268 g/mol. The van der Waals surface area contributed by atoms with Gasteiger partial charge in [-0.15, -0.1) is 0 Å². The minimum Gasteiger partial charge on any atom is -0.0654 e. The lowest BCUT2D eigenvalue weighted by Crippen LogP contribution is -2.00. The highest BCUT2D eigenvalue weighted by atomic mass is 14.1. The molecule has 0 nitrogen and oxygen atoms in total. The first-order valence-electron chi connectivity index (χ1n) is 9.14. The fourth-order valence-electron chi connectivity index (χ4n) is 3.02. The predicted octanol–water partition coefficient (Wildman–Crippen LogP) is 7.33. The molecule has 0 amide bonds. The number of rotatable bonds is 15. The molecule has 0 aromatic heterocycles. The molecule has 0 rings (SSSR count). The maximum Gasteiger partial charge on any atom is -0.0414 e. The van der Waals surface area contributed by atoms with E-state index in [2.05, 4.69) is 20.8 Å². The van der Waals surface area contributed by atoms with Crippen molar-refractivity contribution in [3.63, 3.8) is 0 Å². The first-order valence-corrected chi connectivity index (χ1v) is 9.14. The molecule has 0 bridgehead atoms. The Hall–Kier alpha value is 0. The van der Waals surface area contributed by atoms with Crippen LogP contribution in [0.1, 0.15) is 110 Å². The SMILES string of the molecule is [CH2]CCCCCC(CCC)CCCCCCCCC. The molecule has 0 spiro atoms. The van der Waals surface area contributed by atoms with E-state index in [1.165, 1.54) is 89.9 Å². The van der Waals surface area contributed by atoms with Gasteiger partial charge in [0.25, 0.3) is 0 Å². The Kier molecular flexibility index (Phi) is 16.1. The van der Waals surface area contributed by atoms with Crippen LogP contribution in [-0.4, -0.2) is 0 Å². The van der Waals surface area contributed by atoms with E-state index in [0.717, 1.165) is 12.3 Å². The number of hydrogen-bond donors (Lipinski definition) is 0. The summed E-state index contributed by atoms with van der Waals surface area (Å²) < 4.78 is 0. The maximum atomic E-state index is 3.93. The van der Waals surface area contributed by atoms with Crippen LogP contribution in [0.2, 0.25) is 0 Å². The molecule has 1 unspecified atom stereocenters. The van der Waals surface area contributed by atoms with E-state index >= 15 is 0 Å². The molecule has 1 atom stereocenters. The van der Waals surface area contributed by atoms with Crippen LogP contribution < -0.4 is 0 Å².